The van der Waals surface area contributed by atoms with Gasteiger partial charge < -0.3 is 10.6 Å². The fraction of sp³-hybridized carbons (Fsp3) is 0.929. The molecule has 0 spiro atoms. The molecule has 1 atom stereocenters. The first kappa shape index (κ1) is 23.8. The first-order valence-electron chi connectivity index (χ1n) is 7.31. The summed E-state index contributed by atoms with van der Waals surface area (Å²) in [6.07, 6.45) is 4.45. The van der Waals surface area contributed by atoms with Crippen LogP contribution in [0.5, 0.6) is 0 Å². The summed E-state index contributed by atoms with van der Waals surface area (Å²) in [6, 6.07) is 0. The van der Waals surface area contributed by atoms with Crippen molar-refractivity contribution in [1.82, 2.24) is 10.6 Å². The Bertz CT molecular complexity index is 307. The van der Waals surface area contributed by atoms with Crippen molar-refractivity contribution in [1.29, 1.82) is 0 Å². The molecule has 0 radical (unpaired) electrons. The molecule has 0 saturated heterocycles. The standard InChI is InChI=1S/C14H31N3OS2.HI/c1-6-15-13(16-9-7-8-11-19-5)17-10-12-20(18)14(2,3)4;/h6-12H2,1-5H3,(H2,15,16,17);1H. The zero-order valence-corrected chi connectivity index (χ0v) is 18.0. The van der Waals surface area contributed by atoms with E-state index in [4.69, 9.17) is 0 Å². The number of rotatable bonds is 9. The van der Waals surface area contributed by atoms with Gasteiger partial charge in [0, 0.05) is 40.9 Å². The van der Waals surface area contributed by atoms with Crippen LogP contribution in [-0.2, 0) is 10.8 Å². The molecule has 0 bridgehead atoms. The summed E-state index contributed by atoms with van der Waals surface area (Å²) >= 11 is 1.88. The van der Waals surface area contributed by atoms with Crippen LogP contribution in [0.25, 0.3) is 0 Å². The Hall–Kier alpha value is 0.500. The summed E-state index contributed by atoms with van der Waals surface area (Å²) in [5, 5.41) is 6.48. The molecule has 21 heavy (non-hydrogen) atoms. The molecule has 1 unspecified atom stereocenters. The maximum absolute atomic E-state index is 11.9. The van der Waals surface area contributed by atoms with Gasteiger partial charge in [0.05, 0.1) is 0 Å². The lowest BCUT2D eigenvalue weighted by Gasteiger charge is -2.18. The molecule has 0 amide bonds. The van der Waals surface area contributed by atoms with Crippen LogP contribution in [0.1, 0.15) is 40.5 Å². The quantitative estimate of drug-likeness (QED) is 0.246. The first-order valence-corrected chi connectivity index (χ1v) is 10.0. The van der Waals surface area contributed by atoms with E-state index in [1.54, 1.807) is 0 Å². The highest BCUT2D eigenvalue weighted by atomic mass is 127. The van der Waals surface area contributed by atoms with Gasteiger partial charge >= 0.3 is 0 Å². The molecule has 2 N–H and O–H groups in total. The average Bonchev–Trinajstić information content (AvgIpc) is 2.37. The number of aliphatic imine (C=N–C) groups is 1. The van der Waals surface area contributed by atoms with E-state index in [9.17, 15) is 4.21 Å². The summed E-state index contributed by atoms with van der Waals surface area (Å²) in [5.74, 6) is 2.69. The maximum Gasteiger partial charge on any atom is 0.191 e. The number of halogens is 1. The lowest BCUT2D eigenvalue weighted by atomic mass is 10.3. The predicted molar refractivity (Wildman–Crippen MR) is 110 cm³/mol. The molecule has 128 valence electrons. The van der Waals surface area contributed by atoms with Gasteiger partial charge in [-0.25, -0.2) is 0 Å². The molecule has 0 aliphatic carbocycles. The van der Waals surface area contributed by atoms with Gasteiger partial charge in [-0.3, -0.25) is 9.20 Å². The summed E-state index contributed by atoms with van der Waals surface area (Å²) in [6.45, 7) is 10.5. The Morgan fingerprint density at radius 1 is 1.24 bits per heavy atom. The van der Waals surface area contributed by atoms with Crippen LogP contribution in [0.3, 0.4) is 0 Å². The van der Waals surface area contributed by atoms with E-state index in [1.165, 1.54) is 12.2 Å². The zero-order chi connectivity index (χ0) is 15.4. The Morgan fingerprint density at radius 2 is 1.90 bits per heavy atom. The molecule has 0 aromatic carbocycles. The lowest BCUT2D eigenvalue weighted by Crippen LogP contribution is -2.40. The van der Waals surface area contributed by atoms with Crippen LogP contribution in [0.2, 0.25) is 0 Å². The van der Waals surface area contributed by atoms with Crippen LogP contribution in [0, 0.1) is 0 Å². The Balaban J connectivity index is 0. The number of nitrogens with one attached hydrogen (secondary N) is 2. The van der Waals surface area contributed by atoms with Gasteiger partial charge in [0.1, 0.15) is 0 Å². The summed E-state index contributed by atoms with van der Waals surface area (Å²) < 4.78 is 11.8. The third-order valence-corrected chi connectivity index (χ3v) is 5.27. The van der Waals surface area contributed by atoms with Crippen molar-refractivity contribution in [3.63, 3.8) is 0 Å². The Morgan fingerprint density at radius 3 is 2.43 bits per heavy atom. The minimum Gasteiger partial charge on any atom is -0.357 e. The van der Waals surface area contributed by atoms with Gasteiger partial charge in [0.15, 0.2) is 5.96 Å². The van der Waals surface area contributed by atoms with Gasteiger partial charge in [-0.2, -0.15) is 11.8 Å². The molecule has 0 aromatic heterocycles. The lowest BCUT2D eigenvalue weighted by molar-refractivity contribution is 0.647. The minimum absolute atomic E-state index is 0. The van der Waals surface area contributed by atoms with Crippen molar-refractivity contribution < 1.29 is 4.21 Å². The van der Waals surface area contributed by atoms with Gasteiger partial charge in [-0.1, -0.05) is 0 Å². The normalized spacial score (nSPS) is 13.5. The first-order chi connectivity index (χ1) is 9.41. The fourth-order valence-electron chi connectivity index (χ4n) is 1.46. The number of thioether (sulfide) groups is 1. The van der Waals surface area contributed by atoms with Gasteiger partial charge in [-0.05, 0) is 52.5 Å². The molecule has 7 heteroatoms. The number of guanidine groups is 1. The highest BCUT2D eigenvalue weighted by molar-refractivity contribution is 14.0. The second kappa shape index (κ2) is 14.1. The maximum atomic E-state index is 11.9. The second-order valence-electron chi connectivity index (χ2n) is 5.55. The molecule has 0 aliphatic rings. The third kappa shape index (κ3) is 13.9. The van der Waals surface area contributed by atoms with E-state index in [-0.39, 0.29) is 28.7 Å². The topological polar surface area (TPSA) is 53.5 Å². The van der Waals surface area contributed by atoms with Crippen LogP contribution in [-0.4, -0.2) is 52.3 Å². The van der Waals surface area contributed by atoms with Crippen LogP contribution >= 0.6 is 35.7 Å². The predicted octanol–water partition coefficient (Wildman–Crippen LogP) is 2.85. The molecule has 0 fully saturated rings. The van der Waals surface area contributed by atoms with Crippen LogP contribution in [0.15, 0.2) is 4.99 Å². The summed E-state index contributed by atoms with van der Waals surface area (Å²) in [5.41, 5.74) is 0. The van der Waals surface area contributed by atoms with Crippen molar-refractivity contribution in [2.75, 3.05) is 37.4 Å². The average molecular weight is 449 g/mol. The molecule has 4 nitrogen and oxygen atoms in total. The van der Waals surface area contributed by atoms with E-state index >= 15 is 0 Å². The molecule has 0 aromatic rings. The van der Waals surface area contributed by atoms with E-state index in [0.29, 0.717) is 12.3 Å². The van der Waals surface area contributed by atoms with Gasteiger partial charge in [0.25, 0.3) is 0 Å². The second-order valence-corrected chi connectivity index (χ2v) is 8.86. The fourth-order valence-corrected chi connectivity index (χ4v) is 2.85. The number of nitrogens with zero attached hydrogens (tertiary/aromatic N) is 1. The van der Waals surface area contributed by atoms with Gasteiger partial charge in [0.2, 0.25) is 0 Å². The number of hydrogen-bond acceptors (Lipinski definition) is 3. The van der Waals surface area contributed by atoms with Crippen LogP contribution in [0.4, 0.5) is 0 Å². The van der Waals surface area contributed by atoms with E-state index < -0.39 is 10.8 Å². The monoisotopic (exact) mass is 449 g/mol. The smallest absolute Gasteiger partial charge is 0.191 e. The molecule has 0 saturated carbocycles. The Kier molecular flexibility index (Phi) is 16.0. The SMILES string of the molecule is CCNC(=NCCCCSC)NCCS(=O)C(C)(C)C.I. The minimum atomic E-state index is -0.816. The number of unbranched alkanes of at least 4 members (excludes halogenated alkanes) is 1. The molecular formula is C14H32IN3OS2. The molecular weight excluding hydrogens is 417 g/mol. The summed E-state index contributed by atoms with van der Waals surface area (Å²) in [7, 11) is -0.816. The van der Waals surface area contributed by atoms with E-state index in [0.717, 1.165) is 25.5 Å². The zero-order valence-electron chi connectivity index (χ0n) is 14.0. The van der Waals surface area contributed by atoms with Crippen molar-refractivity contribution in [3.8, 4) is 0 Å². The van der Waals surface area contributed by atoms with Crippen molar-refractivity contribution in [2.24, 2.45) is 4.99 Å². The summed E-state index contributed by atoms with van der Waals surface area (Å²) in [4.78, 5) is 4.53. The van der Waals surface area contributed by atoms with E-state index in [2.05, 4.69) is 28.8 Å². The van der Waals surface area contributed by atoms with Crippen molar-refractivity contribution >= 4 is 52.5 Å². The number of hydrogen-bond donors (Lipinski definition) is 2. The molecule has 0 heterocycles. The van der Waals surface area contributed by atoms with E-state index in [1.807, 2.05) is 32.5 Å². The van der Waals surface area contributed by atoms with Crippen LogP contribution < -0.4 is 10.6 Å². The molecule has 0 rings (SSSR count). The largest absolute Gasteiger partial charge is 0.357 e. The highest BCUT2D eigenvalue weighted by Gasteiger charge is 2.18. The third-order valence-electron chi connectivity index (χ3n) is 2.63. The highest BCUT2D eigenvalue weighted by Crippen LogP contribution is 2.10. The Labute approximate surface area is 154 Å². The molecule has 0 aliphatic heterocycles. The van der Waals surface area contributed by atoms with Crippen molar-refractivity contribution in [3.05, 3.63) is 0 Å². The van der Waals surface area contributed by atoms with Gasteiger partial charge in [-0.15, -0.1) is 24.0 Å². The van der Waals surface area contributed by atoms with Crippen molar-refractivity contribution in [2.45, 2.75) is 45.3 Å².